The molecule has 0 unspecified atom stereocenters. The van der Waals surface area contributed by atoms with Gasteiger partial charge >= 0.3 is 6.41 Å². The third-order valence-electron chi connectivity index (χ3n) is 2.91. The van der Waals surface area contributed by atoms with E-state index in [1.165, 1.54) is 0 Å². The molecule has 0 radical (unpaired) electrons. The van der Waals surface area contributed by atoms with Crippen molar-refractivity contribution in [3.63, 3.8) is 0 Å². The molecule has 1 aliphatic heterocycles. The molecule has 70 valence electrons. The molecule has 1 heterocycles. The highest BCUT2D eigenvalue weighted by molar-refractivity contribution is 5.38. The van der Waals surface area contributed by atoms with Gasteiger partial charge in [-0.1, -0.05) is 0 Å². The second kappa shape index (κ2) is 3.15. The number of rotatable bonds is 1. The van der Waals surface area contributed by atoms with Crippen molar-refractivity contribution < 1.29 is 9.28 Å². The van der Waals surface area contributed by atoms with Crippen LogP contribution in [0.4, 0.5) is 0 Å². The first kappa shape index (κ1) is 9.68. The van der Waals surface area contributed by atoms with Gasteiger partial charge in [0.15, 0.2) is 0 Å². The van der Waals surface area contributed by atoms with Crippen LogP contribution in [0.25, 0.3) is 0 Å². The lowest BCUT2D eigenvalue weighted by Crippen LogP contribution is -2.66. The Morgan fingerprint density at radius 1 is 1.25 bits per heavy atom. The molecule has 3 nitrogen and oxygen atoms in total. The molecule has 1 fully saturated rings. The highest BCUT2D eigenvalue weighted by Crippen LogP contribution is 2.22. The third kappa shape index (κ3) is 1.52. The summed E-state index contributed by atoms with van der Waals surface area (Å²) in [6.07, 6.45) is 1.11. The van der Waals surface area contributed by atoms with Gasteiger partial charge < -0.3 is 5.32 Å². The first-order valence-electron chi connectivity index (χ1n) is 4.56. The number of amides is 1. The maximum absolute atomic E-state index is 11.1. The van der Waals surface area contributed by atoms with Crippen LogP contribution in [0.3, 0.4) is 0 Å². The maximum atomic E-state index is 11.1. The van der Waals surface area contributed by atoms with Crippen LogP contribution >= 0.6 is 0 Å². The Labute approximate surface area is 74.3 Å². The number of hydrogen-bond donors (Lipinski definition) is 1. The van der Waals surface area contributed by atoms with Crippen molar-refractivity contribution in [3.8, 4) is 0 Å². The lowest BCUT2D eigenvalue weighted by molar-refractivity contribution is -0.894. The molecule has 0 saturated carbocycles. The Kier molecular flexibility index (Phi) is 2.54. The zero-order chi connectivity index (χ0) is 9.24. The Morgan fingerprint density at radius 3 is 2.00 bits per heavy atom. The minimum Gasteiger partial charge on any atom is -0.306 e. The highest BCUT2D eigenvalue weighted by atomic mass is 16.1. The van der Waals surface area contributed by atoms with Crippen molar-refractivity contribution in [1.82, 2.24) is 5.32 Å². The number of carbonyl (C=O) groups excluding carboxylic acids is 1. The van der Waals surface area contributed by atoms with Crippen LogP contribution < -0.4 is 5.32 Å². The summed E-state index contributed by atoms with van der Waals surface area (Å²) in [5, 5.41) is 3.27. The van der Waals surface area contributed by atoms with E-state index >= 15 is 0 Å². The second-order valence-corrected chi connectivity index (χ2v) is 4.51. The van der Waals surface area contributed by atoms with Gasteiger partial charge in [-0.3, -0.25) is 4.48 Å². The van der Waals surface area contributed by atoms with Gasteiger partial charge in [-0.25, -0.2) is 4.79 Å². The van der Waals surface area contributed by atoms with Crippen LogP contribution in [0.1, 0.15) is 20.8 Å². The topological polar surface area (TPSA) is 29.1 Å². The monoisotopic (exact) mass is 171 g/mol. The first-order valence-corrected chi connectivity index (χ1v) is 4.56. The summed E-state index contributed by atoms with van der Waals surface area (Å²) in [5.74, 6) is 0. The van der Waals surface area contributed by atoms with Crippen LogP contribution in [0, 0.1) is 0 Å². The molecule has 0 aliphatic carbocycles. The lowest BCUT2D eigenvalue weighted by Gasteiger charge is -2.45. The molecule has 0 aromatic heterocycles. The predicted octanol–water partition coefficient (Wildman–Crippen LogP) is 0.361. The molecule has 1 aliphatic rings. The fourth-order valence-corrected chi connectivity index (χ4v) is 1.73. The summed E-state index contributed by atoms with van der Waals surface area (Å²) in [5.41, 5.74) is 0.0455. The van der Waals surface area contributed by atoms with Crippen molar-refractivity contribution in [2.24, 2.45) is 0 Å². The van der Waals surface area contributed by atoms with Crippen molar-refractivity contribution in [3.05, 3.63) is 0 Å². The van der Waals surface area contributed by atoms with E-state index in [-0.39, 0.29) is 5.54 Å². The average molecular weight is 171 g/mol. The summed E-state index contributed by atoms with van der Waals surface area (Å²) in [4.78, 5) is 11.1. The first-order chi connectivity index (χ1) is 5.52. The van der Waals surface area contributed by atoms with Gasteiger partial charge in [0.25, 0.3) is 0 Å². The Hall–Kier alpha value is -0.410. The zero-order valence-corrected chi connectivity index (χ0v) is 8.26. The van der Waals surface area contributed by atoms with E-state index < -0.39 is 0 Å². The lowest BCUT2D eigenvalue weighted by atomic mass is 10.0. The number of nitrogens with one attached hydrogen (secondary N) is 1. The normalized spacial score (nSPS) is 23.6. The van der Waals surface area contributed by atoms with Crippen molar-refractivity contribution in [2.45, 2.75) is 26.3 Å². The van der Waals surface area contributed by atoms with Gasteiger partial charge in [-0.2, -0.15) is 0 Å². The molecule has 0 aromatic rings. The van der Waals surface area contributed by atoms with Crippen molar-refractivity contribution >= 4 is 6.41 Å². The van der Waals surface area contributed by atoms with Crippen molar-refractivity contribution in [1.29, 1.82) is 0 Å². The van der Waals surface area contributed by atoms with E-state index in [1.54, 1.807) is 0 Å². The Bertz CT molecular complexity index is 166. The van der Waals surface area contributed by atoms with E-state index in [1.807, 2.05) is 0 Å². The molecule has 12 heavy (non-hydrogen) atoms. The number of nitrogens with zero attached hydrogens (tertiary/aromatic N) is 1. The van der Waals surface area contributed by atoms with Gasteiger partial charge in [-0.15, -0.1) is 0 Å². The Morgan fingerprint density at radius 2 is 1.75 bits per heavy atom. The van der Waals surface area contributed by atoms with E-state index in [0.717, 1.165) is 32.6 Å². The van der Waals surface area contributed by atoms with Gasteiger partial charge in [0.05, 0.1) is 18.6 Å². The quantitative estimate of drug-likeness (QED) is 0.456. The van der Waals surface area contributed by atoms with E-state index in [0.29, 0.717) is 4.48 Å². The molecule has 0 aromatic carbocycles. The van der Waals surface area contributed by atoms with E-state index in [9.17, 15) is 4.79 Å². The smallest absolute Gasteiger partial charge is 0.302 e. The fraction of sp³-hybridized carbons (Fsp3) is 0.889. The second-order valence-electron chi connectivity index (χ2n) is 4.51. The average Bonchev–Trinajstić information content (AvgIpc) is 2.04. The number of piperazine rings is 1. The number of hydrogen-bond acceptors (Lipinski definition) is 2. The minimum atomic E-state index is 0.0455. The SMILES string of the molecule is CC(C)(C)[N+]1(C=O)CCNCC1. The molecule has 1 rings (SSSR count). The molecule has 0 atom stereocenters. The van der Waals surface area contributed by atoms with Crippen LogP contribution in [0.5, 0.6) is 0 Å². The van der Waals surface area contributed by atoms with E-state index in [4.69, 9.17) is 0 Å². The Balaban J connectivity index is 2.80. The standard InChI is InChI=1S/C9H19N2O/c1-9(2,3)11(8-12)6-4-10-5-7-11/h8,10H,4-7H2,1-3H3/q+1. The third-order valence-corrected chi connectivity index (χ3v) is 2.91. The van der Waals surface area contributed by atoms with Crippen LogP contribution in [0.2, 0.25) is 0 Å². The molecular formula is C9H19N2O+. The summed E-state index contributed by atoms with van der Waals surface area (Å²) in [6, 6.07) is 0. The molecule has 3 heteroatoms. The zero-order valence-electron chi connectivity index (χ0n) is 8.26. The molecule has 1 amide bonds. The summed E-state index contributed by atoms with van der Waals surface area (Å²) in [6.45, 7) is 10.2. The predicted molar refractivity (Wildman–Crippen MR) is 48.7 cm³/mol. The van der Waals surface area contributed by atoms with Crippen LogP contribution in [-0.2, 0) is 4.79 Å². The summed E-state index contributed by atoms with van der Waals surface area (Å²) in [7, 11) is 0. The summed E-state index contributed by atoms with van der Waals surface area (Å²) < 4.78 is 0.597. The van der Waals surface area contributed by atoms with Gasteiger partial charge in [-0.05, 0) is 20.8 Å². The molecule has 1 N–H and O–H groups in total. The summed E-state index contributed by atoms with van der Waals surface area (Å²) >= 11 is 0. The molecule has 1 saturated heterocycles. The van der Waals surface area contributed by atoms with E-state index in [2.05, 4.69) is 26.1 Å². The highest BCUT2D eigenvalue weighted by Gasteiger charge is 2.41. The van der Waals surface area contributed by atoms with Gasteiger partial charge in [0.1, 0.15) is 0 Å². The molecule has 0 bridgehead atoms. The van der Waals surface area contributed by atoms with Gasteiger partial charge in [0.2, 0.25) is 0 Å². The van der Waals surface area contributed by atoms with Gasteiger partial charge in [0, 0.05) is 13.1 Å². The van der Waals surface area contributed by atoms with Crippen LogP contribution in [0.15, 0.2) is 0 Å². The van der Waals surface area contributed by atoms with Crippen LogP contribution in [-0.4, -0.2) is 42.6 Å². The number of quaternary nitrogens is 1. The maximum Gasteiger partial charge on any atom is 0.302 e. The fourth-order valence-electron chi connectivity index (χ4n) is 1.73. The molecule has 0 spiro atoms. The number of carbonyl (C=O) groups is 1. The van der Waals surface area contributed by atoms with Crippen molar-refractivity contribution in [2.75, 3.05) is 26.2 Å². The molecular weight excluding hydrogens is 152 g/mol. The minimum absolute atomic E-state index is 0.0455. The largest absolute Gasteiger partial charge is 0.306 e.